The maximum atomic E-state index is 11.0. The summed E-state index contributed by atoms with van der Waals surface area (Å²) in [5.41, 5.74) is 0.0335. The van der Waals surface area contributed by atoms with E-state index in [1.807, 2.05) is 20.8 Å². The van der Waals surface area contributed by atoms with Gasteiger partial charge in [-0.2, -0.15) is 0 Å². The van der Waals surface area contributed by atoms with E-state index < -0.39 is 21.7 Å². The number of carboxylic acids is 1. The molecule has 0 aliphatic carbocycles. The molecule has 14 heavy (non-hydrogen) atoms. The van der Waals surface area contributed by atoms with Gasteiger partial charge in [0.25, 0.3) is 0 Å². The van der Waals surface area contributed by atoms with Crippen LogP contribution in [0.1, 0.15) is 27.2 Å². The van der Waals surface area contributed by atoms with Gasteiger partial charge in [-0.1, -0.05) is 20.8 Å². The molecule has 5 nitrogen and oxygen atoms in total. The zero-order valence-corrected chi connectivity index (χ0v) is 9.52. The molecule has 0 atom stereocenters. The van der Waals surface area contributed by atoms with Crippen molar-refractivity contribution >= 4 is 16.0 Å². The van der Waals surface area contributed by atoms with Crippen molar-refractivity contribution in [3.8, 4) is 0 Å². The maximum Gasteiger partial charge on any atom is 0.320 e. The molecule has 0 heterocycles. The molecule has 0 aliphatic rings. The number of nitrogens with one attached hydrogen (secondary N) is 1. The highest BCUT2D eigenvalue weighted by molar-refractivity contribution is 7.90. The first-order chi connectivity index (χ1) is 6.12. The van der Waals surface area contributed by atoms with Gasteiger partial charge in [-0.05, 0) is 11.8 Å². The summed E-state index contributed by atoms with van der Waals surface area (Å²) in [6.45, 7) is 6.23. The lowest BCUT2D eigenvalue weighted by molar-refractivity contribution is -0.134. The van der Waals surface area contributed by atoms with E-state index in [1.54, 1.807) is 0 Å². The van der Waals surface area contributed by atoms with Crippen molar-refractivity contribution in [3.63, 3.8) is 0 Å². The topological polar surface area (TPSA) is 83.5 Å². The largest absolute Gasteiger partial charge is 0.480 e. The first kappa shape index (κ1) is 13.4. The second kappa shape index (κ2) is 4.75. The molecule has 0 amide bonds. The number of hydrogen-bond acceptors (Lipinski definition) is 3. The Morgan fingerprint density at radius 1 is 1.36 bits per heavy atom. The van der Waals surface area contributed by atoms with Crippen molar-refractivity contribution in [2.24, 2.45) is 5.41 Å². The third-order valence-electron chi connectivity index (χ3n) is 1.51. The zero-order valence-electron chi connectivity index (χ0n) is 8.70. The van der Waals surface area contributed by atoms with E-state index in [2.05, 4.69) is 4.72 Å². The molecule has 0 saturated heterocycles. The molecule has 0 aliphatic heterocycles. The molecule has 0 aromatic rings. The molecule has 2 N–H and O–H groups in total. The molecule has 0 aromatic carbocycles. The second-order valence-corrected chi connectivity index (χ2v) is 6.16. The Morgan fingerprint density at radius 3 is 2.21 bits per heavy atom. The van der Waals surface area contributed by atoms with Crippen molar-refractivity contribution in [3.05, 3.63) is 0 Å². The van der Waals surface area contributed by atoms with Gasteiger partial charge >= 0.3 is 5.97 Å². The number of hydrogen-bond donors (Lipinski definition) is 2. The minimum absolute atomic E-state index is 0.0335. The molecule has 0 spiro atoms. The Kier molecular flexibility index (Phi) is 4.54. The SMILES string of the molecule is CC(C)(C)CCNS(=O)(=O)CC(=O)O. The summed E-state index contributed by atoms with van der Waals surface area (Å²) in [6.07, 6.45) is 0.672. The second-order valence-electron chi connectivity index (χ2n) is 4.36. The summed E-state index contributed by atoms with van der Waals surface area (Å²) in [5, 5.41) is 8.29. The number of carbonyl (C=O) groups is 1. The number of carboxylic acid groups (broad SMARTS) is 1. The normalized spacial score (nSPS) is 12.8. The summed E-state index contributed by atoms with van der Waals surface area (Å²) < 4.78 is 24.3. The first-order valence-corrected chi connectivity index (χ1v) is 5.97. The van der Waals surface area contributed by atoms with Crippen LogP contribution >= 0.6 is 0 Å². The predicted molar refractivity (Wildman–Crippen MR) is 53.5 cm³/mol. The van der Waals surface area contributed by atoms with Gasteiger partial charge in [-0.15, -0.1) is 0 Å². The lowest BCUT2D eigenvalue weighted by Crippen LogP contribution is -2.32. The third-order valence-corrected chi connectivity index (χ3v) is 2.78. The lowest BCUT2D eigenvalue weighted by atomic mass is 9.93. The summed E-state index contributed by atoms with van der Waals surface area (Å²) in [6, 6.07) is 0. The monoisotopic (exact) mass is 223 g/mol. The summed E-state index contributed by atoms with van der Waals surface area (Å²) >= 11 is 0. The van der Waals surface area contributed by atoms with E-state index in [1.165, 1.54) is 0 Å². The number of rotatable bonds is 5. The van der Waals surface area contributed by atoms with Crippen LogP contribution < -0.4 is 4.72 Å². The Balaban J connectivity index is 3.96. The molecule has 0 radical (unpaired) electrons. The molecular weight excluding hydrogens is 206 g/mol. The smallest absolute Gasteiger partial charge is 0.320 e. The molecule has 6 heteroatoms. The lowest BCUT2D eigenvalue weighted by Gasteiger charge is -2.17. The van der Waals surface area contributed by atoms with Crippen LogP contribution in [-0.2, 0) is 14.8 Å². The van der Waals surface area contributed by atoms with Gasteiger partial charge in [0.15, 0.2) is 5.75 Å². The van der Waals surface area contributed by atoms with Crippen LogP contribution in [-0.4, -0.2) is 31.8 Å². The number of sulfonamides is 1. The van der Waals surface area contributed by atoms with E-state index in [0.717, 1.165) is 0 Å². The van der Waals surface area contributed by atoms with Crippen LogP contribution in [0, 0.1) is 5.41 Å². The zero-order chi connectivity index (χ0) is 11.4. The molecule has 0 bridgehead atoms. The molecule has 0 unspecified atom stereocenters. The van der Waals surface area contributed by atoms with Crippen LogP contribution in [0.3, 0.4) is 0 Å². The first-order valence-electron chi connectivity index (χ1n) is 4.31. The highest BCUT2D eigenvalue weighted by Crippen LogP contribution is 2.17. The van der Waals surface area contributed by atoms with Crippen molar-refractivity contribution in [1.29, 1.82) is 0 Å². The van der Waals surface area contributed by atoms with Gasteiger partial charge in [0.1, 0.15) is 0 Å². The average molecular weight is 223 g/mol. The van der Waals surface area contributed by atoms with E-state index in [0.29, 0.717) is 6.42 Å². The Labute approximate surface area is 84.6 Å². The van der Waals surface area contributed by atoms with E-state index in [9.17, 15) is 13.2 Å². The highest BCUT2D eigenvalue weighted by atomic mass is 32.2. The van der Waals surface area contributed by atoms with E-state index in [-0.39, 0.29) is 12.0 Å². The standard InChI is InChI=1S/C8H17NO4S/c1-8(2,3)4-5-9-14(12,13)6-7(10)11/h9H,4-6H2,1-3H3,(H,10,11). The molecular formula is C8H17NO4S. The fourth-order valence-corrected chi connectivity index (χ4v) is 1.64. The van der Waals surface area contributed by atoms with Crippen LogP contribution in [0.2, 0.25) is 0 Å². The Morgan fingerprint density at radius 2 is 1.86 bits per heavy atom. The van der Waals surface area contributed by atoms with E-state index >= 15 is 0 Å². The third kappa shape index (κ3) is 8.00. The highest BCUT2D eigenvalue weighted by Gasteiger charge is 2.16. The van der Waals surface area contributed by atoms with Gasteiger partial charge in [-0.3, -0.25) is 4.79 Å². The fraction of sp³-hybridized carbons (Fsp3) is 0.875. The molecule has 0 saturated carbocycles. The minimum Gasteiger partial charge on any atom is -0.480 e. The average Bonchev–Trinajstić information content (AvgIpc) is 1.78. The minimum atomic E-state index is -3.65. The van der Waals surface area contributed by atoms with Gasteiger partial charge in [-0.25, -0.2) is 13.1 Å². The van der Waals surface area contributed by atoms with Gasteiger partial charge in [0.2, 0.25) is 10.0 Å². The summed E-state index contributed by atoms with van der Waals surface area (Å²) in [4.78, 5) is 10.2. The summed E-state index contributed by atoms with van der Waals surface area (Å²) in [5.74, 6) is -2.20. The number of aliphatic carboxylic acids is 1. The van der Waals surface area contributed by atoms with Crippen molar-refractivity contribution in [2.75, 3.05) is 12.3 Å². The van der Waals surface area contributed by atoms with Gasteiger partial charge in [0, 0.05) is 6.54 Å². The molecule has 0 aromatic heterocycles. The quantitative estimate of drug-likeness (QED) is 0.707. The van der Waals surface area contributed by atoms with Crippen molar-refractivity contribution < 1.29 is 18.3 Å². The van der Waals surface area contributed by atoms with Crippen molar-refractivity contribution in [1.82, 2.24) is 4.72 Å². The van der Waals surface area contributed by atoms with Crippen molar-refractivity contribution in [2.45, 2.75) is 27.2 Å². The Hall–Kier alpha value is -0.620. The molecule has 0 rings (SSSR count). The maximum absolute atomic E-state index is 11.0. The Bertz CT molecular complexity index is 289. The summed E-state index contributed by atoms with van der Waals surface area (Å²) in [7, 11) is -3.65. The van der Waals surface area contributed by atoms with Crippen LogP contribution in [0.25, 0.3) is 0 Å². The van der Waals surface area contributed by atoms with Crippen LogP contribution in [0.4, 0.5) is 0 Å². The fourth-order valence-electron chi connectivity index (χ4n) is 0.795. The molecule has 84 valence electrons. The van der Waals surface area contributed by atoms with E-state index in [4.69, 9.17) is 5.11 Å². The van der Waals surface area contributed by atoms with Gasteiger partial charge in [0.05, 0.1) is 0 Å². The van der Waals surface area contributed by atoms with Gasteiger partial charge < -0.3 is 5.11 Å². The predicted octanol–water partition coefficient (Wildman–Crippen LogP) is 0.427. The molecule has 0 fully saturated rings. The van der Waals surface area contributed by atoms with Crippen LogP contribution in [0.5, 0.6) is 0 Å². The van der Waals surface area contributed by atoms with Crippen LogP contribution in [0.15, 0.2) is 0 Å².